The van der Waals surface area contributed by atoms with Crippen LogP contribution in [0.2, 0.25) is 0 Å². The molecule has 0 saturated carbocycles. The van der Waals surface area contributed by atoms with Crippen LogP contribution in [0.3, 0.4) is 0 Å². The van der Waals surface area contributed by atoms with E-state index in [1.54, 1.807) is 0 Å². The lowest BCUT2D eigenvalue weighted by Crippen LogP contribution is -2.52. The van der Waals surface area contributed by atoms with Crippen molar-refractivity contribution >= 4 is 23.3 Å². The van der Waals surface area contributed by atoms with E-state index in [1.165, 1.54) is 0 Å². The van der Waals surface area contributed by atoms with Crippen LogP contribution >= 0.6 is 0 Å². The summed E-state index contributed by atoms with van der Waals surface area (Å²) in [5, 5.41) is 3.04. The predicted octanol–water partition coefficient (Wildman–Crippen LogP) is 4.44. The molecule has 1 atom stereocenters. The van der Waals surface area contributed by atoms with Crippen LogP contribution in [0.15, 0.2) is 48.5 Å². The van der Waals surface area contributed by atoms with Crippen LogP contribution in [0, 0.1) is 12.8 Å². The molecule has 1 unspecified atom stereocenters. The molecule has 0 radical (unpaired) electrons. The number of fused-ring (bicyclic) bond motifs is 1. The number of anilines is 2. The molecule has 1 fully saturated rings. The molecule has 0 spiro atoms. The number of hydrogen-bond acceptors (Lipinski definition) is 3. The van der Waals surface area contributed by atoms with Gasteiger partial charge in [-0.1, -0.05) is 37.3 Å². The fraction of sp³-hybridized carbons (Fsp3) is 0.417. The van der Waals surface area contributed by atoms with Crippen LogP contribution in [0.4, 0.5) is 16.2 Å². The Balaban J connectivity index is 1.39. The van der Waals surface area contributed by atoms with Gasteiger partial charge in [-0.25, -0.2) is 4.79 Å². The number of urea groups is 1. The zero-order valence-corrected chi connectivity index (χ0v) is 17.6. The Bertz CT molecular complexity index is 921. The van der Waals surface area contributed by atoms with Crippen LogP contribution in [0.5, 0.6) is 5.75 Å². The van der Waals surface area contributed by atoms with Crippen molar-refractivity contribution in [2.45, 2.75) is 39.2 Å². The molecule has 0 bridgehead atoms. The van der Waals surface area contributed by atoms with E-state index in [0.29, 0.717) is 32.5 Å². The molecule has 6 nitrogen and oxygen atoms in total. The normalized spacial score (nSPS) is 19.1. The predicted molar refractivity (Wildman–Crippen MR) is 118 cm³/mol. The number of amides is 3. The van der Waals surface area contributed by atoms with Gasteiger partial charge in [0.1, 0.15) is 11.9 Å². The monoisotopic (exact) mass is 407 g/mol. The fourth-order valence-electron chi connectivity index (χ4n) is 4.14. The molecule has 0 aliphatic carbocycles. The largest absolute Gasteiger partial charge is 0.486 e. The highest BCUT2D eigenvalue weighted by Gasteiger charge is 2.34. The number of para-hydroxylation sites is 3. The van der Waals surface area contributed by atoms with E-state index in [0.717, 1.165) is 29.1 Å². The number of carbonyl (C=O) groups excluding carboxylic acids is 2. The Kier molecular flexibility index (Phi) is 5.93. The standard InChI is InChI=1S/C24H29N3O3/c1-3-19-16-27(21-10-6-7-11-22(21)30-19)24(29)26-14-12-18(13-15-26)23(28)25-20-9-5-4-8-17(20)2/h4-11,18-19H,3,12-16H2,1-2H3,(H,25,28). The van der Waals surface area contributed by atoms with Crippen molar-refractivity contribution < 1.29 is 14.3 Å². The van der Waals surface area contributed by atoms with Crippen LogP contribution in [0.1, 0.15) is 31.7 Å². The van der Waals surface area contributed by atoms with Crippen molar-refractivity contribution in [2.75, 3.05) is 29.9 Å². The first kappa shape index (κ1) is 20.3. The SMILES string of the molecule is CCC1CN(C(=O)N2CCC(C(=O)Nc3ccccc3C)CC2)c2ccccc2O1. The Morgan fingerprint density at radius 1 is 1.07 bits per heavy atom. The summed E-state index contributed by atoms with van der Waals surface area (Å²) in [5.74, 6) is 0.727. The third-order valence-electron chi connectivity index (χ3n) is 6.06. The lowest BCUT2D eigenvalue weighted by Gasteiger charge is -2.39. The first-order chi connectivity index (χ1) is 14.6. The van der Waals surface area contributed by atoms with Gasteiger partial charge in [0.15, 0.2) is 0 Å². The third kappa shape index (κ3) is 4.13. The molecule has 1 N–H and O–H groups in total. The average Bonchev–Trinajstić information content (AvgIpc) is 2.79. The lowest BCUT2D eigenvalue weighted by molar-refractivity contribution is -0.121. The molecule has 2 aromatic carbocycles. The number of piperidine rings is 1. The number of ether oxygens (including phenoxy) is 1. The van der Waals surface area contributed by atoms with Crippen LogP contribution < -0.4 is 15.0 Å². The summed E-state index contributed by atoms with van der Waals surface area (Å²) >= 11 is 0. The molecule has 2 aromatic rings. The topological polar surface area (TPSA) is 61.9 Å². The van der Waals surface area contributed by atoms with E-state index in [4.69, 9.17) is 4.74 Å². The molecular formula is C24H29N3O3. The smallest absolute Gasteiger partial charge is 0.324 e. The number of aryl methyl sites for hydroxylation is 1. The van der Waals surface area contributed by atoms with E-state index in [-0.39, 0.29) is 24.0 Å². The number of nitrogens with one attached hydrogen (secondary N) is 1. The zero-order chi connectivity index (χ0) is 21.1. The van der Waals surface area contributed by atoms with Crippen molar-refractivity contribution in [3.8, 4) is 5.75 Å². The van der Waals surface area contributed by atoms with E-state index < -0.39 is 0 Å². The summed E-state index contributed by atoms with van der Waals surface area (Å²) in [6.07, 6.45) is 2.19. The highest BCUT2D eigenvalue weighted by molar-refractivity contribution is 5.95. The van der Waals surface area contributed by atoms with E-state index in [9.17, 15) is 9.59 Å². The van der Waals surface area contributed by atoms with Gasteiger partial charge in [-0.15, -0.1) is 0 Å². The fourth-order valence-corrected chi connectivity index (χ4v) is 4.14. The number of hydrogen-bond donors (Lipinski definition) is 1. The van der Waals surface area contributed by atoms with Gasteiger partial charge in [-0.2, -0.15) is 0 Å². The van der Waals surface area contributed by atoms with Crippen LogP contribution in [-0.2, 0) is 4.79 Å². The first-order valence-electron chi connectivity index (χ1n) is 10.8. The van der Waals surface area contributed by atoms with Gasteiger partial charge in [0.2, 0.25) is 5.91 Å². The van der Waals surface area contributed by atoms with Crippen LogP contribution in [0.25, 0.3) is 0 Å². The second kappa shape index (κ2) is 8.78. The number of nitrogens with zero attached hydrogens (tertiary/aromatic N) is 2. The molecule has 2 aliphatic rings. The molecular weight excluding hydrogens is 378 g/mol. The van der Waals surface area contributed by atoms with Gasteiger partial charge in [0.25, 0.3) is 0 Å². The van der Waals surface area contributed by atoms with Crippen molar-refractivity contribution in [1.82, 2.24) is 4.90 Å². The molecule has 4 rings (SSSR count). The summed E-state index contributed by atoms with van der Waals surface area (Å²) in [6, 6.07) is 15.5. The van der Waals surface area contributed by atoms with Crippen molar-refractivity contribution in [1.29, 1.82) is 0 Å². The number of rotatable bonds is 3. The maximum Gasteiger partial charge on any atom is 0.324 e. The summed E-state index contributed by atoms with van der Waals surface area (Å²) in [5.41, 5.74) is 2.73. The molecule has 6 heteroatoms. The summed E-state index contributed by atoms with van der Waals surface area (Å²) in [4.78, 5) is 29.7. The van der Waals surface area contributed by atoms with Crippen molar-refractivity contribution in [3.05, 3.63) is 54.1 Å². The molecule has 2 heterocycles. The van der Waals surface area contributed by atoms with Gasteiger partial charge >= 0.3 is 6.03 Å². The first-order valence-corrected chi connectivity index (χ1v) is 10.8. The van der Waals surface area contributed by atoms with E-state index in [1.807, 2.05) is 65.3 Å². The van der Waals surface area contributed by atoms with Gasteiger partial charge < -0.3 is 15.0 Å². The zero-order valence-electron chi connectivity index (χ0n) is 17.6. The van der Waals surface area contributed by atoms with Gasteiger partial charge in [-0.3, -0.25) is 9.69 Å². The molecule has 30 heavy (non-hydrogen) atoms. The quantitative estimate of drug-likeness (QED) is 0.818. The summed E-state index contributed by atoms with van der Waals surface area (Å²) in [7, 11) is 0. The maximum absolute atomic E-state index is 13.3. The minimum Gasteiger partial charge on any atom is -0.486 e. The molecule has 1 saturated heterocycles. The molecule has 0 aromatic heterocycles. The lowest BCUT2D eigenvalue weighted by atomic mass is 9.95. The average molecular weight is 408 g/mol. The van der Waals surface area contributed by atoms with Gasteiger partial charge in [-0.05, 0) is 49.9 Å². The molecule has 158 valence electrons. The molecule has 2 aliphatic heterocycles. The molecule has 3 amide bonds. The number of carbonyl (C=O) groups is 2. The third-order valence-corrected chi connectivity index (χ3v) is 6.06. The van der Waals surface area contributed by atoms with Crippen molar-refractivity contribution in [3.63, 3.8) is 0 Å². The van der Waals surface area contributed by atoms with E-state index in [2.05, 4.69) is 12.2 Å². The van der Waals surface area contributed by atoms with Gasteiger partial charge in [0, 0.05) is 24.7 Å². The van der Waals surface area contributed by atoms with E-state index >= 15 is 0 Å². The number of likely N-dealkylation sites (tertiary alicyclic amines) is 1. The van der Waals surface area contributed by atoms with Crippen molar-refractivity contribution in [2.24, 2.45) is 5.92 Å². The second-order valence-corrected chi connectivity index (χ2v) is 8.07. The number of benzene rings is 2. The Morgan fingerprint density at radius 3 is 2.50 bits per heavy atom. The highest BCUT2D eigenvalue weighted by atomic mass is 16.5. The Labute approximate surface area is 177 Å². The van der Waals surface area contributed by atoms with Gasteiger partial charge in [0.05, 0.1) is 12.2 Å². The minimum atomic E-state index is -0.0750. The summed E-state index contributed by atoms with van der Waals surface area (Å²) < 4.78 is 6.00. The Morgan fingerprint density at radius 2 is 1.77 bits per heavy atom. The Hall–Kier alpha value is -3.02. The highest BCUT2D eigenvalue weighted by Crippen LogP contribution is 2.35. The second-order valence-electron chi connectivity index (χ2n) is 8.07. The van der Waals surface area contributed by atoms with Crippen LogP contribution in [-0.4, -0.2) is 42.6 Å². The minimum absolute atomic E-state index is 0.00118. The summed E-state index contributed by atoms with van der Waals surface area (Å²) in [6.45, 7) is 5.78. The maximum atomic E-state index is 13.3.